The first kappa shape index (κ1) is 16.0. The van der Waals surface area contributed by atoms with Gasteiger partial charge in [0.15, 0.2) is 0 Å². The van der Waals surface area contributed by atoms with Gasteiger partial charge in [-0.15, -0.1) is 0 Å². The number of aryl methyl sites for hydroxylation is 1. The maximum absolute atomic E-state index is 6.00. The van der Waals surface area contributed by atoms with Crippen LogP contribution in [0.15, 0.2) is 60.8 Å². The van der Waals surface area contributed by atoms with Crippen molar-refractivity contribution >= 4 is 16.9 Å². The maximum atomic E-state index is 6.00. The number of anilines is 1. The van der Waals surface area contributed by atoms with Gasteiger partial charge in [0.2, 0.25) is 5.95 Å². The van der Waals surface area contributed by atoms with Crippen molar-refractivity contribution in [1.29, 1.82) is 0 Å². The van der Waals surface area contributed by atoms with E-state index in [9.17, 15) is 0 Å². The van der Waals surface area contributed by atoms with Gasteiger partial charge in [-0.3, -0.25) is 4.90 Å². The molecule has 1 aliphatic rings. The van der Waals surface area contributed by atoms with Crippen LogP contribution in [-0.4, -0.2) is 19.4 Å². The first-order chi connectivity index (χ1) is 13.2. The van der Waals surface area contributed by atoms with Crippen molar-refractivity contribution in [3.63, 3.8) is 0 Å². The van der Waals surface area contributed by atoms with E-state index in [4.69, 9.17) is 5.73 Å². The lowest BCUT2D eigenvalue weighted by Crippen LogP contribution is -2.15. The van der Waals surface area contributed by atoms with Crippen LogP contribution in [0, 0.1) is 0 Å². The molecule has 5 rings (SSSR count). The molecule has 27 heavy (non-hydrogen) atoms. The quantitative estimate of drug-likeness (QED) is 0.608. The summed E-state index contributed by atoms with van der Waals surface area (Å²) in [6, 6.07) is 18.8. The fraction of sp³-hybridized carbons (Fsp3) is 0.182. The zero-order chi connectivity index (χ0) is 18.4. The molecule has 0 amide bonds. The molecule has 1 aliphatic heterocycles. The highest BCUT2D eigenvalue weighted by Gasteiger charge is 2.26. The molecule has 5 nitrogen and oxygen atoms in total. The normalized spacial score (nSPS) is 14.0. The average molecular weight is 355 g/mol. The van der Waals surface area contributed by atoms with E-state index < -0.39 is 0 Å². The monoisotopic (exact) mass is 355 g/mol. The molecular weight excluding hydrogens is 334 g/mol. The van der Waals surface area contributed by atoms with Crippen LogP contribution in [0.1, 0.15) is 16.8 Å². The Hall–Kier alpha value is -3.18. The van der Waals surface area contributed by atoms with Gasteiger partial charge < -0.3 is 10.3 Å². The van der Waals surface area contributed by atoms with E-state index in [1.54, 1.807) is 0 Å². The molecule has 3 heterocycles. The third-order valence-electron chi connectivity index (χ3n) is 5.29. The van der Waals surface area contributed by atoms with Gasteiger partial charge in [-0.2, -0.15) is 0 Å². The fourth-order valence-electron chi connectivity index (χ4n) is 4.08. The van der Waals surface area contributed by atoms with Crippen LogP contribution in [0.2, 0.25) is 0 Å². The maximum Gasteiger partial charge on any atom is 0.220 e. The van der Waals surface area contributed by atoms with Gasteiger partial charge in [0.1, 0.15) is 0 Å². The molecule has 0 fully saturated rings. The number of nitrogens with two attached hydrogens (primary N) is 1. The number of fused-ring (bicyclic) bond motifs is 2. The van der Waals surface area contributed by atoms with Crippen LogP contribution >= 0.6 is 0 Å². The van der Waals surface area contributed by atoms with Gasteiger partial charge in [-0.05, 0) is 11.6 Å². The molecule has 0 spiro atoms. The lowest BCUT2D eigenvalue weighted by molar-refractivity contribution is 0.275. The second-order valence-electron chi connectivity index (χ2n) is 7.15. The summed E-state index contributed by atoms with van der Waals surface area (Å²) in [5.41, 5.74) is 12.9. The highest BCUT2D eigenvalue weighted by Crippen LogP contribution is 2.32. The van der Waals surface area contributed by atoms with Crippen LogP contribution in [-0.2, 0) is 26.7 Å². The number of hydrogen-bond acceptors (Lipinski definition) is 4. The van der Waals surface area contributed by atoms with Gasteiger partial charge in [-0.25, -0.2) is 9.97 Å². The third kappa shape index (κ3) is 2.76. The molecule has 2 N–H and O–H groups in total. The smallest absolute Gasteiger partial charge is 0.220 e. The lowest BCUT2D eigenvalue weighted by Gasteiger charge is -2.14. The Bertz CT molecular complexity index is 1130. The van der Waals surface area contributed by atoms with Crippen molar-refractivity contribution < 1.29 is 0 Å². The van der Waals surface area contributed by atoms with Gasteiger partial charge >= 0.3 is 0 Å². The van der Waals surface area contributed by atoms with E-state index in [0.717, 1.165) is 36.6 Å². The van der Waals surface area contributed by atoms with Crippen LogP contribution in [0.4, 0.5) is 5.95 Å². The number of nitrogen functional groups attached to an aromatic ring is 1. The second kappa shape index (κ2) is 6.21. The Morgan fingerprint density at radius 2 is 1.74 bits per heavy atom. The fourth-order valence-corrected chi connectivity index (χ4v) is 4.08. The topological polar surface area (TPSA) is 60.0 Å². The number of rotatable bonds is 3. The first-order valence-electron chi connectivity index (χ1n) is 9.15. The Balaban J connectivity index is 1.49. The van der Waals surface area contributed by atoms with Crippen molar-refractivity contribution in [3.8, 4) is 11.3 Å². The zero-order valence-corrected chi connectivity index (χ0v) is 15.3. The summed E-state index contributed by atoms with van der Waals surface area (Å²) in [4.78, 5) is 11.5. The van der Waals surface area contributed by atoms with Crippen molar-refractivity contribution in [2.24, 2.45) is 7.05 Å². The summed E-state index contributed by atoms with van der Waals surface area (Å²) < 4.78 is 2.20. The number of benzene rings is 2. The lowest BCUT2D eigenvalue weighted by atomic mass is 10.1. The van der Waals surface area contributed by atoms with E-state index in [1.165, 1.54) is 22.0 Å². The van der Waals surface area contributed by atoms with Crippen LogP contribution in [0.5, 0.6) is 0 Å². The number of hydrogen-bond donors (Lipinski definition) is 1. The van der Waals surface area contributed by atoms with Crippen molar-refractivity contribution in [1.82, 2.24) is 19.4 Å². The Morgan fingerprint density at radius 3 is 2.59 bits per heavy atom. The number of aromatic nitrogens is 3. The van der Waals surface area contributed by atoms with E-state index in [2.05, 4.69) is 69.1 Å². The van der Waals surface area contributed by atoms with Crippen molar-refractivity contribution in [3.05, 3.63) is 77.6 Å². The molecular formula is C22H21N5. The van der Waals surface area contributed by atoms with Crippen molar-refractivity contribution in [2.45, 2.75) is 19.6 Å². The predicted octanol–water partition coefficient (Wildman–Crippen LogP) is 3.73. The summed E-state index contributed by atoms with van der Waals surface area (Å²) >= 11 is 0. The zero-order valence-electron chi connectivity index (χ0n) is 15.3. The molecule has 0 saturated carbocycles. The summed E-state index contributed by atoms with van der Waals surface area (Å²) in [5.74, 6) is 0.347. The minimum Gasteiger partial charge on any atom is -0.368 e. The van der Waals surface area contributed by atoms with E-state index >= 15 is 0 Å². The third-order valence-corrected chi connectivity index (χ3v) is 5.29. The molecule has 2 aromatic heterocycles. The largest absolute Gasteiger partial charge is 0.368 e. The summed E-state index contributed by atoms with van der Waals surface area (Å²) in [5, 5.41) is 1.31. The van der Waals surface area contributed by atoms with Crippen LogP contribution in [0.3, 0.4) is 0 Å². The van der Waals surface area contributed by atoms with E-state index in [1.807, 2.05) is 18.2 Å². The molecule has 0 radical (unpaired) electrons. The van der Waals surface area contributed by atoms with Crippen molar-refractivity contribution in [2.75, 3.05) is 5.73 Å². The molecule has 134 valence electrons. The first-order valence-corrected chi connectivity index (χ1v) is 9.15. The molecule has 5 heteroatoms. The summed E-state index contributed by atoms with van der Waals surface area (Å²) in [6.45, 7) is 2.51. The number of nitrogens with zero attached hydrogens (tertiary/aromatic N) is 4. The average Bonchev–Trinajstić information content (AvgIpc) is 3.23. The molecule has 0 atom stereocenters. The highest BCUT2D eigenvalue weighted by atomic mass is 15.2. The van der Waals surface area contributed by atoms with E-state index in [-0.39, 0.29) is 0 Å². The predicted molar refractivity (Wildman–Crippen MR) is 108 cm³/mol. The second-order valence-corrected chi connectivity index (χ2v) is 7.15. The van der Waals surface area contributed by atoms with Gasteiger partial charge in [0.25, 0.3) is 0 Å². The molecule has 0 unspecified atom stereocenters. The molecule has 0 saturated heterocycles. The SMILES string of the molecule is Cn1cc(CN2Cc3nc(N)nc(-c4ccccc4)c3C2)c2ccccc21. The molecule has 2 aromatic carbocycles. The summed E-state index contributed by atoms with van der Waals surface area (Å²) in [6.07, 6.45) is 2.23. The Labute approximate surface area is 158 Å². The molecule has 0 aliphatic carbocycles. The minimum atomic E-state index is 0.347. The molecule has 4 aromatic rings. The number of para-hydroxylation sites is 1. The molecule has 0 bridgehead atoms. The van der Waals surface area contributed by atoms with Gasteiger partial charge in [0.05, 0.1) is 11.4 Å². The van der Waals surface area contributed by atoms with Gasteiger partial charge in [-0.1, -0.05) is 48.5 Å². The summed E-state index contributed by atoms with van der Waals surface area (Å²) in [7, 11) is 2.10. The van der Waals surface area contributed by atoms with Gasteiger partial charge in [0, 0.05) is 54.9 Å². The van der Waals surface area contributed by atoms with Crippen LogP contribution < -0.4 is 5.73 Å². The Kier molecular flexibility index (Phi) is 3.69. The van der Waals surface area contributed by atoms with Crippen LogP contribution in [0.25, 0.3) is 22.2 Å². The highest BCUT2D eigenvalue weighted by molar-refractivity contribution is 5.83. The minimum absolute atomic E-state index is 0.347. The Morgan fingerprint density at radius 1 is 0.963 bits per heavy atom. The van der Waals surface area contributed by atoms with E-state index in [0.29, 0.717) is 5.95 Å². The standard InChI is InChI=1S/C22H21N5/c1-26-11-16(17-9-5-6-10-20(17)26)12-27-13-18-19(14-27)24-22(23)25-21(18)15-7-3-2-4-8-15/h2-11H,12-14H2,1H3,(H2,23,24,25).